The Kier molecular flexibility index (Phi) is 1.33. The van der Waals surface area contributed by atoms with Crippen LogP contribution in [0.2, 0.25) is 0 Å². The molecule has 1 heterocycles. The number of H-pyrrole nitrogens is 2. The molecule has 1 rings (SSSR count). The van der Waals surface area contributed by atoms with E-state index in [2.05, 4.69) is 0 Å². The van der Waals surface area contributed by atoms with Crippen molar-refractivity contribution in [3.05, 3.63) is 31.5 Å². The van der Waals surface area contributed by atoms with Crippen LogP contribution in [0.5, 0.6) is 0 Å². The van der Waals surface area contributed by atoms with E-state index in [-0.39, 0.29) is 4.48 Å². The molecule has 0 aliphatic carbocycles. The van der Waals surface area contributed by atoms with Gasteiger partial charge in [-0.1, -0.05) is 0 Å². The smallest absolute Gasteiger partial charge is 0.304 e. The van der Waals surface area contributed by atoms with Gasteiger partial charge in [-0.05, 0) is 0 Å². The van der Waals surface area contributed by atoms with Gasteiger partial charge >= 0.3 is 17.1 Å². The number of nitrogens with zero attached hydrogens (tertiary/aromatic N) is 1. The fraction of sp³-hybridized carbons (Fsp3) is 0. The molecule has 0 saturated carbocycles. The van der Waals surface area contributed by atoms with E-state index in [9.17, 15) is 14.4 Å². The molecule has 1 aromatic rings. The number of nitrogens with one attached hydrogen (secondary N) is 2. The normalized spacial score (nSPS) is 9.60. The first-order valence-electron chi connectivity index (χ1n) is 2.32. The molecule has 0 aliphatic heterocycles. The number of aromatic amines is 2. The van der Waals surface area contributed by atoms with Crippen LogP contribution in [0.4, 0.5) is 0 Å². The highest BCUT2D eigenvalue weighted by atomic mass is 16.2. The first-order valence-corrected chi connectivity index (χ1v) is 2.32. The van der Waals surface area contributed by atoms with Crippen LogP contribution in [0.1, 0.15) is 0 Å². The second-order valence-electron chi connectivity index (χ2n) is 1.56. The molecule has 7 heteroatoms. The molecule has 0 spiro atoms. The lowest BCUT2D eigenvalue weighted by atomic mass is 10.4. The van der Waals surface area contributed by atoms with Gasteiger partial charge in [-0.3, -0.25) is 9.97 Å². The standard InChI is InChI=1S/C3H2BN3O3/c4-7-2(9)5-1(8)6-3(7)10/h(H2,5,6,8,9,10). The van der Waals surface area contributed by atoms with Crippen LogP contribution in [-0.4, -0.2) is 22.4 Å². The zero-order valence-electron chi connectivity index (χ0n) is 4.75. The summed E-state index contributed by atoms with van der Waals surface area (Å²) in [6, 6.07) is 0. The third-order valence-electron chi connectivity index (χ3n) is 0.879. The maximum atomic E-state index is 10.4. The molecular formula is C3H2BN3O3. The van der Waals surface area contributed by atoms with Crippen LogP contribution in [0.3, 0.4) is 0 Å². The molecule has 6 nitrogen and oxygen atoms in total. The fourth-order valence-electron chi connectivity index (χ4n) is 0.438. The van der Waals surface area contributed by atoms with Crippen LogP contribution in [0.15, 0.2) is 14.4 Å². The van der Waals surface area contributed by atoms with E-state index in [1.807, 2.05) is 0 Å². The molecule has 0 fully saturated rings. The Balaban J connectivity index is 3.80. The predicted molar refractivity (Wildman–Crippen MR) is 33.1 cm³/mol. The summed E-state index contributed by atoms with van der Waals surface area (Å²) >= 11 is 0. The monoisotopic (exact) mass is 139 g/mol. The molecule has 0 saturated heterocycles. The van der Waals surface area contributed by atoms with Gasteiger partial charge in [0.25, 0.3) is 0 Å². The largest absolute Gasteiger partial charge is 0.330 e. The van der Waals surface area contributed by atoms with E-state index in [1.165, 1.54) is 0 Å². The molecule has 0 unspecified atom stereocenters. The lowest BCUT2D eigenvalue weighted by Crippen LogP contribution is -2.42. The molecule has 50 valence electrons. The van der Waals surface area contributed by atoms with Crippen molar-refractivity contribution in [1.29, 1.82) is 0 Å². The Morgan fingerprint density at radius 1 is 1.10 bits per heavy atom. The minimum absolute atomic E-state index is 0.265. The maximum absolute atomic E-state index is 10.4. The molecule has 0 bridgehead atoms. The van der Waals surface area contributed by atoms with Crippen molar-refractivity contribution in [3.63, 3.8) is 0 Å². The number of rotatable bonds is 0. The van der Waals surface area contributed by atoms with Crippen molar-refractivity contribution in [3.8, 4) is 0 Å². The summed E-state index contributed by atoms with van der Waals surface area (Å²) in [6.07, 6.45) is 0. The van der Waals surface area contributed by atoms with Crippen molar-refractivity contribution in [2.75, 3.05) is 0 Å². The summed E-state index contributed by atoms with van der Waals surface area (Å²) in [4.78, 5) is 34.6. The third-order valence-corrected chi connectivity index (χ3v) is 0.879. The summed E-state index contributed by atoms with van der Waals surface area (Å²) in [5.74, 6) is 0. The van der Waals surface area contributed by atoms with Crippen molar-refractivity contribution in [2.24, 2.45) is 0 Å². The Labute approximate surface area is 55.0 Å². The quantitative estimate of drug-likeness (QED) is 0.379. The molecule has 2 radical (unpaired) electrons. The first-order chi connectivity index (χ1) is 4.61. The zero-order valence-corrected chi connectivity index (χ0v) is 4.75. The van der Waals surface area contributed by atoms with Crippen LogP contribution in [0.25, 0.3) is 0 Å². The van der Waals surface area contributed by atoms with Gasteiger partial charge in [0, 0.05) is 0 Å². The van der Waals surface area contributed by atoms with Crippen molar-refractivity contribution in [2.45, 2.75) is 0 Å². The van der Waals surface area contributed by atoms with Crippen molar-refractivity contribution < 1.29 is 0 Å². The molecule has 10 heavy (non-hydrogen) atoms. The highest BCUT2D eigenvalue weighted by Crippen LogP contribution is 1.41. The fourth-order valence-corrected chi connectivity index (χ4v) is 0.438. The topological polar surface area (TPSA) is 87.7 Å². The summed E-state index contributed by atoms with van der Waals surface area (Å²) < 4.78 is 0.265. The van der Waals surface area contributed by atoms with E-state index < -0.39 is 17.1 Å². The Morgan fingerprint density at radius 2 is 1.50 bits per heavy atom. The van der Waals surface area contributed by atoms with Gasteiger partial charge in [-0.15, -0.1) is 0 Å². The number of hydrogen-bond donors (Lipinski definition) is 2. The highest BCUT2D eigenvalue weighted by Gasteiger charge is 1.93. The van der Waals surface area contributed by atoms with Gasteiger partial charge in [0.15, 0.2) is 0 Å². The predicted octanol–water partition coefficient (Wildman–Crippen LogP) is -2.84. The summed E-state index contributed by atoms with van der Waals surface area (Å²) in [7, 11) is 4.84. The Morgan fingerprint density at radius 3 is 1.90 bits per heavy atom. The Hall–Kier alpha value is -1.53. The SMILES string of the molecule is [B]n1c(=O)[nH]c(=O)[nH]c1=O. The molecule has 2 N–H and O–H groups in total. The maximum Gasteiger partial charge on any atom is 0.330 e. The summed E-state index contributed by atoms with van der Waals surface area (Å²) in [5, 5.41) is 0. The van der Waals surface area contributed by atoms with Gasteiger partial charge < -0.3 is 4.48 Å². The summed E-state index contributed by atoms with van der Waals surface area (Å²) in [6.45, 7) is 0. The van der Waals surface area contributed by atoms with Crippen LogP contribution < -0.4 is 17.1 Å². The zero-order chi connectivity index (χ0) is 7.72. The van der Waals surface area contributed by atoms with Gasteiger partial charge in [-0.25, -0.2) is 14.4 Å². The van der Waals surface area contributed by atoms with E-state index >= 15 is 0 Å². The molecule has 1 aromatic heterocycles. The molecule has 0 aromatic carbocycles. The van der Waals surface area contributed by atoms with E-state index in [4.69, 9.17) is 7.98 Å². The van der Waals surface area contributed by atoms with Gasteiger partial charge in [0.05, 0.1) is 0 Å². The van der Waals surface area contributed by atoms with Crippen molar-refractivity contribution >= 4 is 7.98 Å². The Bertz CT molecular complexity index is 364. The summed E-state index contributed by atoms with van der Waals surface area (Å²) in [5.41, 5.74) is -2.74. The molecule has 0 aliphatic rings. The van der Waals surface area contributed by atoms with E-state index in [0.717, 1.165) is 0 Å². The lowest BCUT2D eigenvalue weighted by molar-refractivity contribution is 0.842. The minimum Gasteiger partial charge on any atom is -0.304 e. The number of aromatic nitrogens is 3. The molecule has 0 amide bonds. The third kappa shape index (κ3) is 0.926. The second kappa shape index (κ2) is 2.01. The average Bonchev–Trinajstić information content (AvgIpc) is 1.82. The van der Waals surface area contributed by atoms with Gasteiger partial charge in [0.2, 0.25) is 7.98 Å². The molecule has 0 atom stereocenters. The second-order valence-corrected chi connectivity index (χ2v) is 1.56. The van der Waals surface area contributed by atoms with Crippen LogP contribution in [0, 0.1) is 0 Å². The highest BCUT2D eigenvalue weighted by molar-refractivity contribution is 6.06. The van der Waals surface area contributed by atoms with Gasteiger partial charge in [-0.2, -0.15) is 0 Å². The van der Waals surface area contributed by atoms with Gasteiger partial charge in [0.1, 0.15) is 0 Å². The van der Waals surface area contributed by atoms with Crippen molar-refractivity contribution in [1.82, 2.24) is 14.4 Å². The number of hydrogen-bond acceptors (Lipinski definition) is 3. The van der Waals surface area contributed by atoms with Crippen LogP contribution >= 0.6 is 0 Å². The average molecular weight is 139 g/mol. The molecular weight excluding hydrogens is 137 g/mol. The first kappa shape index (κ1) is 6.59. The van der Waals surface area contributed by atoms with E-state index in [0.29, 0.717) is 0 Å². The minimum atomic E-state index is -0.936. The van der Waals surface area contributed by atoms with E-state index in [1.54, 1.807) is 9.97 Å². The lowest BCUT2D eigenvalue weighted by Gasteiger charge is -1.89. The van der Waals surface area contributed by atoms with Crippen LogP contribution in [-0.2, 0) is 0 Å².